The Labute approximate surface area is 733 Å². The maximum atomic E-state index is 15.2. The third kappa shape index (κ3) is 15.4. The largest absolute Gasteiger partial charge is 0.494 e. The van der Waals surface area contributed by atoms with Crippen molar-refractivity contribution in [3.63, 3.8) is 0 Å². The molecule has 0 fully saturated rings. The van der Waals surface area contributed by atoms with Crippen molar-refractivity contribution < 1.29 is 22.7 Å². The van der Waals surface area contributed by atoms with Crippen molar-refractivity contribution in [2.24, 2.45) is 0 Å². The highest BCUT2D eigenvalue weighted by Crippen LogP contribution is 2.60. The number of anilines is 6. The zero-order valence-electron chi connectivity index (χ0n) is 71.7. The molecular weight excluding hydrogens is 1530 g/mol. The van der Waals surface area contributed by atoms with Gasteiger partial charge in [-0.3, -0.25) is 0 Å². The Morgan fingerprint density at radius 1 is 0.312 bits per heavy atom. The van der Waals surface area contributed by atoms with Crippen LogP contribution in [0.15, 0.2) is 382 Å². The van der Waals surface area contributed by atoms with Crippen LogP contribution in [0, 0.1) is 11.6 Å². The van der Waals surface area contributed by atoms with Gasteiger partial charge in [-0.25, -0.2) is 8.78 Å². The number of hydrogen-bond acceptors (Lipinski definition) is 5. The van der Waals surface area contributed by atoms with Crippen molar-refractivity contribution in [3.8, 4) is 56.0 Å². The average molecular weight is 1630 g/mol. The van der Waals surface area contributed by atoms with Gasteiger partial charge in [0.1, 0.15) is 34.3 Å². The van der Waals surface area contributed by atoms with Crippen LogP contribution < -0.4 is 19.3 Å². The minimum absolute atomic E-state index is 0.0388. The standard InChI is InChI=1S/C118H100F2N2O3/c1-9-79-35-63-101(64-36-79)123-71-17-15-21-81-31-41-89(42-32-81)117(91-49-45-87(46-50-91)115(3,4)5)109-29-13-11-27-103(109)105-67-39-85(75-111(105)117)83-23-19-25-97(73-83)121(95-57-53-93(119)54-58-95)99-61-69-107-108-70-62-100(78-114(108)125-113(107)77-99)122(96-59-55-94(120)56-60-96)98-26-20-24-84(74-98)86-40-68-106-104-28-12-14-30-110(104)118(112(106)76-86,92-51-47-88(48-52-92)116(6,7)8)90-43-33-82(34-44-90)22-16-18-72-124-102-65-37-80(10-2)38-66-102/h9-14,19-20,23-70,73-78H,1-2,15-18,21-22,71-72H2,3-8H3. The second-order valence-corrected chi connectivity index (χ2v) is 35.5. The summed E-state index contributed by atoms with van der Waals surface area (Å²) in [6, 6.07) is 129. The Morgan fingerprint density at radius 3 is 1.03 bits per heavy atom. The highest BCUT2D eigenvalue weighted by atomic mass is 19.1. The summed E-state index contributed by atoms with van der Waals surface area (Å²) in [4.78, 5) is 4.36. The van der Waals surface area contributed by atoms with E-state index in [1.807, 2.05) is 84.9 Å². The van der Waals surface area contributed by atoms with E-state index in [1.165, 1.54) is 113 Å². The van der Waals surface area contributed by atoms with Gasteiger partial charge in [-0.05, 0) is 305 Å². The number of ether oxygens (including phenoxy) is 2. The van der Waals surface area contributed by atoms with Crippen LogP contribution in [0.5, 0.6) is 11.5 Å². The fourth-order valence-electron chi connectivity index (χ4n) is 19.2. The molecule has 0 spiro atoms. The van der Waals surface area contributed by atoms with Gasteiger partial charge in [0.05, 0.1) is 24.0 Å². The summed E-state index contributed by atoms with van der Waals surface area (Å²) in [6.45, 7) is 22.7. The lowest BCUT2D eigenvalue weighted by atomic mass is 9.67. The molecule has 2 aliphatic carbocycles. The minimum atomic E-state index is -0.654. The number of halogens is 2. The molecule has 1 aromatic heterocycles. The monoisotopic (exact) mass is 1630 g/mol. The third-order valence-electron chi connectivity index (χ3n) is 25.7. The summed E-state index contributed by atoms with van der Waals surface area (Å²) in [5.74, 6) is 1.10. The minimum Gasteiger partial charge on any atom is -0.494 e. The summed E-state index contributed by atoms with van der Waals surface area (Å²) in [7, 11) is 0. The molecule has 614 valence electrons. The molecule has 2 aliphatic rings. The molecular formula is C118H100F2N2O3. The molecule has 17 aromatic rings. The van der Waals surface area contributed by atoms with Crippen molar-refractivity contribution in [1.82, 2.24) is 0 Å². The molecule has 19 rings (SSSR count). The van der Waals surface area contributed by atoms with E-state index in [2.05, 4.69) is 331 Å². The number of benzene rings is 16. The SMILES string of the molecule is C=Cc1ccc(OCCCCc2ccc(C3(c4ccc(C(C)(C)C)cc4)c4ccccc4-c4ccc(-c5cccc(N(c6ccc(F)cc6)c6ccc7c(c6)oc6cc(N(c8ccc(F)cc8)c8cccc(-c9ccc%10c(c9)C(c9ccc(CCCCOc%11ccc(C=C)cc%11)cc9)(c9ccc(C(C)(C)C)cc9)c9ccccc9-%10)c8)ccc67)c5)cc43)cc2)cc1. The summed E-state index contributed by atoms with van der Waals surface area (Å²) in [6.07, 6.45) is 9.46. The molecule has 7 heteroatoms. The third-order valence-corrected chi connectivity index (χ3v) is 25.7. The molecule has 125 heavy (non-hydrogen) atoms. The number of furan rings is 1. The molecule has 0 radical (unpaired) electrons. The van der Waals surface area contributed by atoms with E-state index < -0.39 is 10.8 Å². The number of nitrogens with zero attached hydrogens (tertiary/aromatic N) is 2. The van der Waals surface area contributed by atoms with Crippen LogP contribution in [-0.2, 0) is 34.5 Å². The van der Waals surface area contributed by atoms with E-state index in [1.54, 1.807) is 0 Å². The number of rotatable bonds is 26. The van der Waals surface area contributed by atoms with Crippen LogP contribution in [0.1, 0.15) is 145 Å². The zero-order valence-corrected chi connectivity index (χ0v) is 71.7. The highest BCUT2D eigenvalue weighted by Gasteiger charge is 2.48. The van der Waals surface area contributed by atoms with Crippen LogP contribution in [0.3, 0.4) is 0 Å². The highest BCUT2D eigenvalue weighted by molar-refractivity contribution is 6.08. The average Bonchev–Trinajstić information content (AvgIpc) is 1.54. The summed E-state index contributed by atoms with van der Waals surface area (Å²) in [5, 5.41) is 1.88. The van der Waals surface area contributed by atoms with Gasteiger partial charge in [-0.1, -0.05) is 285 Å². The van der Waals surface area contributed by atoms with Crippen LogP contribution in [0.4, 0.5) is 42.9 Å². The van der Waals surface area contributed by atoms with E-state index in [0.29, 0.717) is 24.4 Å². The molecule has 2 unspecified atom stereocenters. The lowest BCUT2D eigenvalue weighted by Gasteiger charge is -2.35. The van der Waals surface area contributed by atoms with E-state index in [9.17, 15) is 0 Å². The fraction of sp³-hybridized carbons (Fsp3) is 0.153. The molecule has 0 aliphatic heterocycles. The maximum Gasteiger partial charge on any atom is 0.137 e. The van der Waals surface area contributed by atoms with Gasteiger partial charge in [0, 0.05) is 57.0 Å². The molecule has 0 saturated heterocycles. The Balaban J connectivity index is 0.648. The van der Waals surface area contributed by atoms with Gasteiger partial charge in [0.15, 0.2) is 0 Å². The van der Waals surface area contributed by atoms with Crippen molar-refractivity contribution >= 4 is 68.2 Å². The molecule has 0 N–H and O–H groups in total. The Kier molecular flexibility index (Phi) is 21.7. The first-order valence-electron chi connectivity index (χ1n) is 43.8. The van der Waals surface area contributed by atoms with Crippen molar-refractivity contribution in [2.75, 3.05) is 23.0 Å². The number of hydrogen-bond donors (Lipinski definition) is 0. The van der Waals surface area contributed by atoms with E-state index in [0.717, 1.165) is 128 Å². The predicted molar refractivity (Wildman–Crippen MR) is 516 cm³/mol. The molecule has 0 saturated carbocycles. The van der Waals surface area contributed by atoms with Crippen LogP contribution >= 0.6 is 0 Å². The van der Waals surface area contributed by atoms with Gasteiger partial charge in [-0.15, -0.1) is 0 Å². The van der Waals surface area contributed by atoms with Gasteiger partial charge >= 0.3 is 0 Å². The van der Waals surface area contributed by atoms with Gasteiger partial charge in [-0.2, -0.15) is 0 Å². The first kappa shape index (κ1) is 80.6. The van der Waals surface area contributed by atoms with Gasteiger partial charge in [0.2, 0.25) is 0 Å². The first-order chi connectivity index (χ1) is 60.9. The van der Waals surface area contributed by atoms with E-state index in [4.69, 9.17) is 13.9 Å². The Morgan fingerprint density at radius 2 is 0.656 bits per heavy atom. The number of fused-ring (bicyclic) bond motifs is 9. The predicted octanol–water partition coefficient (Wildman–Crippen LogP) is 31.5. The molecule has 0 bridgehead atoms. The maximum absolute atomic E-state index is 15.2. The lowest BCUT2D eigenvalue weighted by molar-refractivity contribution is 0.307. The fourth-order valence-corrected chi connectivity index (χ4v) is 19.2. The zero-order chi connectivity index (χ0) is 85.6. The van der Waals surface area contributed by atoms with Crippen LogP contribution in [0.2, 0.25) is 0 Å². The van der Waals surface area contributed by atoms with Crippen molar-refractivity contribution in [1.29, 1.82) is 0 Å². The summed E-state index contributed by atoms with van der Waals surface area (Å²) in [5.41, 5.74) is 31.1. The molecule has 5 nitrogen and oxygen atoms in total. The quantitative estimate of drug-likeness (QED) is 0.0505. The molecule has 16 aromatic carbocycles. The van der Waals surface area contributed by atoms with E-state index in [-0.39, 0.29) is 22.5 Å². The van der Waals surface area contributed by atoms with Crippen LogP contribution in [0.25, 0.3) is 78.6 Å². The Bertz CT molecular complexity index is 6420. The smallest absolute Gasteiger partial charge is 0.137 e. The first-order valence-corrected chi connectivity index (χ1v) is 43.8. The molecule has 0 amide bonds. The lowest BCUT2D eigenvalue weighted by Crippen LogP contribution is -2.29. The van der Waals surface area contributed by atoms with Crippen molar-refractivity contribution in [3.05, 3.63) is 467 Å². The molecule has 2 atom stereocenters. The normalized spacial score (nSPS) is 14.5. The summed E-state index contributed by atoms with van der Waals surface area (Å²) >= 11 is 0. The topological polar surface area (TPSA) is 38.1 Å². The van der Waals surface area contributed by atoms with Gasteiger partial charge < -0.3 is 23.7 Å². The number of unbranched alkanes of at least 4 members (excludes halogenated alkanes) is 2. The second kappa shape index (κ2) is 33.6. The van der Waals surface area contributed by atoms with Gasteiger partial charge in [0.25, 0.3) is 0 Å². The Hall–Kier alpha value is -14.1. The van der Waals surface area contributed by atoms with Crippen molar-refractivity contribution in [2.45, 2.75) is 102 Å². The molecule has 1 heterocycles. The second-order valence-electron chi connectivity index (χ2n) is 35.5. The number of aryl methyl sites for hydroxylation is 2. The summed E-state index contributed by atoms with van der Waals surface area (Å²) < 4.78 is 49.8. The van der Waals surface area contributed by atoms with Crippen LogP contribution in [-0.4, -0.2) is 13.2 Å². The van der Waals surface area contributed by atoms with E-state index >= 15 is 8.78 Å².